The molecule has 0 unspecified atom stereocenters. The molecule has 0 aliphatic heterocycles. The lowest BCUT2D eigenvalue weighted by Crippen LogP contribution is -2.36. The zero-order chi connectivity index (χ0) is 20.2. The lowest BCUT2D eigenvalue weighted by Gasteiger charge is -2.24. The molecule has 27 heavy (non-hydrogen) atoms. The van der Waals surface area contributed by atoms with Gasteiger partial charge in [-0.1, -0.05) is 6.07 Å². The van der Waals surface area contributed by atoms with Gasteiger partial charge in [-0.15, -0.1) is 0 Å². The van der Waals surface area contributed by atoms with Crippen LogP contribution >= 0.6 is 0 Å². The summed E-state index contributed by atoms with van der Waals surface area (Å²) in [7, 11) is -1.89. The van der Waals surface area contributed by atoms with Gasteiger partial charge in [0.05, 0.1) is 30.4 Å². The third-order valence-corrected chi connectivity index (χ3v) is 5.40. The van der Waals surface area contributed by atoms with E-state index >= 15 is 0 Å². The van der Waals surface area contributed by atoms with E-state index in [9.17, 15) is 26.4 Å². The van der Waals surface area contributed by atoms with E-state index in [4.69, 9.17) is 4.74 Å². The van der Waals surface area contributed by atoms with Gasteiger partial charge in [-0.3, -0.25) is 9.10 Å². The van der Waals surface area contributed by atoms with Crippen LogP contribution in [-0.4, -0.2) is 35.2 Å². The number of anilines is 1. The first-order valence-corrected chi connectivity index (χ1v) is 8.94. The van der Waals surface area contributed by atoms with E-state index in [0.29, 0.717) is 16.1 Å². The monoisotopic (exact) mass is 403 g/mol. The molecule has 0 radical (unpaired) electrons. The molecule has 0 spiro atoms. The Morgan fingerprint density at radius 1 is 1.07 bits per heavy atom. The van der Waals surface area contributed by atoms with Crippen LogP contribution in [0.25, 0.3) is 0 Å². The van der Waals surface area contributed by atoms with Crippen LogP contribution < -0.4 is 9.04 Å². The number of ether oxygens (including phenoxy) is 2. The summed E-state index contributed by atoms with van der Waals surface area (Å²) < 4.78 is 74.8. The maximum atomic E-state index is 13.0. The minimum Gasteiger partial charge on any atom is -0.497 e. The van der Waals surface area contributed by atoms with Crippen LogP contribution in [-0.2, 0) is 25.7 Å². The molecule has 6 nitrogen and oxygen atoms in total. The van der Waals surface area contributed by atoms with Crippen molar-refractivity contribution >= 4 is 21.7 Å². The van der Waals surface area contributed by atoms with Gasteiger partial charge in [0.15, 0.2) is 0 Å². The molecule has 2 aromatic rings. The van der Waals surface area contributed by atoms with Gasteiger partial charge in [0.1, 0.15) is 12.3 Å². The predicted octanol–water partition coefficient (Wildman–Crippen LogP) is 3.08. The Bertz CT molecular complexity index is 911. The summed E-state index contributed by atoms with van der Waals surface area (Å²) in [6.45, 7) is -0.786. The number of benzene rings is 2. The topological polar surface area (TPSA) is 72.9 Å². The normalized spacial score (nSPS) is 11.7. The van der Waals surface area contributed by atoms with Gasteiger partial charge in [-0.2, -0.15) is 13.2 Å². The first-order valence-electron chi connectivity index (χ1n) is 7.50. The number of sulfonamides is 1. The summed E-state index contributed by atoms with van der Waals surface area (Å²) >= 11 is 0. The number of hydrogen-bond acceptors (Lipinski definition) is 5. The zero-order valence-electron chi connectivity index (χ0n) is 14.4. The average Bonchev–Trinajstić information content (AvgIpc) is 2.65. The summed E-state index contributed by atoms with van der Waals surface area (Å²) in [4.78, 5) is 11.5. The fourth-order valence-electron chi connectivity index (χ4n) is 2.21. The van der Waals surface area contributed by atoms with Crippen molar-refractivity contribution in [1.82, 2.24) is 0 Å². The molecule has 0 atom stereocenters. The SMILES string of the molecule is COC(=O)CN(c1cccc(C(F)(F)F)c1)S(=O)(=O)c1ccc(OC)cc1. The number of methoxy groups -OCH3 is 2. The molecule has 0 N–H and O–H groups in total. The zero-order valence-corrected chi connectivity index (χ0v) is 15.2. The molecule has 0 amide bonds. The van der Waals surface area contributed by atoms with Crippen LogP contribution in [0.5, 0.6) is 5.75 Å². The molecule has 0 heterocycles. The second-order valence-corrected chi connectivity index (χ2v) is 7.17. The van der Waals surface area contributed by atoms with E-state index in [-0.39, 0.29) is 10.6 Å². The van der Waals surface area contributed by atoms with Gasteiger partial charge in [-0.05, 0) is 42.5 Å². The molecule has 146 valence electrons. The smallest absolute Gasteiger partial charge is 0.416 e. The van der Waals surface area contributed by atoms with Crippen LogP contribution in [0, 0.1) is 0 Å². The van der Waals surface area contributed by atoms with Crippen molar-refractivity contribution in [3.63, 3.8) is 0 Å². The Labute approximate surface area is 154 Å². The predicted molar refractivity (Wildman–Crippen MR) is 91.0 cm³/mol. The molecule has 2 aromatic carbocycles. The second kappa shape index (κ2) is 7.87. The largest absolute Gasteiger partial charge is 0.497 e. The Hall–Kier alpha value is -2.75. The van der Waals surface area contributed by atoms with E-state index in [1.165, 1.54) is 37.4 Å². The highest BCUT2D eigenvalue weighted by Crippen LogP contribution is 2.33. The molecule has 0 aliphatic rings. The maximum absolute atomic E-state index is 13.0. The second-order valence-electron chi connectivity index (χ2n) is 5.31. The number of halogens is 3. The Morgan fingerprint density at radius 2 is 1.70 bits per heavy atom. The molecule has 0 fully saturated rings. The maximum Gasteiger partial charge on any atom is 0.416 e. The van der Waals surface area contributed by atoms with E-state index in [1.54, 1.807) is 0 Å². The number of nitrogens with zero attached hydrogens (tertiary/aromatic N) is 1. The third kappa shape index (κ3) is 4.70. The molecule has 0 saturated heterocycles. The van der Waals surface area contributed by atoms with Crippen molar-refractivity contribution in [2.24, 2.45) is 0 Å². The Balaban J connectivity index is 2.55. The molecule has 0 aliphatic carbocycles. The van der Waals surface area contributed by atoms with Gasteiger partial charge < -0.3 is 9.47 Å². The Kier molecular flexibility index (Phi) is 5.99. The molecule has 2 rings (SSSR count). The van der Waals surface area contributed by atoms with E-state index < -0.39 is 34.3 Å². The van der Waals surface area contributed by atoms with E-state index in [1.807, 2.05) is 0 Å². The highest BCUT2D eigenvalue weighted by molar-refractivity contribution is 7.92. The van der Waals surface area contributed by atoms with Crippen molar-refractivity contribution < 1.29 is 35.9 Å². The summed E-state index contributed by atoms with van der Waals surface area (Å²) in [5, 5.41) is 0. The standard InChI is InChI=1S/C17H16F3NO5S/c1-25-14-6-8-15(9-7-14)27(23,24)21(11-16(22)26-2)13-5-3-4-12(10-13)17(18,19)20/h3-10H,11H2,1-2H3. The number of carbonyl (C=O) groups is 1. The van der Waals surface area contributed by atoms with E-state index in [2.05, 4.69) is 4.74 Å². The van der Waals surface area contributed by atoms with Gasteiger partial charge in [-0.25, -0.2) is 8.42 Å². The molecular weight excluding hydrogens is 387 g/mol. The fraction of sp³-hybridized carbons (Fsp3) is 0.235. The molecule has 0 aromatic heterocycles. The number of esters is 1. The number of alkyl halides is 3. The first kappa shape index (κ1) is 20.6. The van der Waals surface area contributed by atoms with Crippen LogP contribution in [0.15, 0.2) is 53.4 Å². The fourth-order valence-corrected chi connectivity index (χ4v) is 3.61. The minimum absolute atomic E-state index is 0.218. The third-order valence-electron chi connectivity index (χ3n) is 3.61. The lowest BCUT2D eigenvalue weighted by molar-refractivity contribution is -0.139. The molecule has 10 heteroatoms. The first-order chi connectivity index (χ1) is 12.6. The van der Waals surface area contributed by atoms with Gasteiger partial charge in [0.2, 0.25) is 0 Å². The van der Waals surface area contributed by atoms with Crippen LogP contribution in [0.2, 0.25) is 0 Å². The molecular formula is C17H16F3NO5S. The van der Waals surface area contributed by atoms with Crippen LogP contribution in [0.4, 0.5) is 18.9 Å². The molecule has 0 bridgehead atoms. The van der Waals surface area contributed by atoms with Crippen LogP contribution in [0.1, 0.15) is 5.56 Å². The van der Waals surface area contributed by atoms with Gasteiger partial charge >= 0.3 is 12.1 Å². The van der Waals surface area contributed by atoms with Crippen LogP contribution in [0.3, 0.4) is 0 Å². The lowest BCUT2D eigenvalue weighted by atomic mass is 10.2. The number of hydrogen-bond donors (Lipinski definition) is 0. The number of rotatable bonds is 6. The average molecular weight is 403 g/mol. The summed E-state index contributed by atoms with van der Waals surface area (Å²) in [6.07, 6.45) is -4.67. The van der Waals surface area contributed by atoms with Crippen molar-refractivity contribution in [2.75, 3.05) is 25.1 Å². The van der Waals surface area contributed by atoms with Gasteiger partial charge in [0.25, 0.3) is 10.0 Å². The van der Waals surface area contributed by atoms with Crippen molar-refractivity contribution in [3.05, 3.63) is 54.1 Å². The summed E-state index contributed by atoms with van der Waals surface area (Å²) in [5.41, 5.74) is -1.36. The minimum atomic E-state index is -4.67. The number of carbonyl (C=O) groups excluding carboxylic acids is 1. The highest BCUT2D eigenvalue weighted by Gasteiger charge is 2.33. The highest BCUT2D eigenvalue weighted by atomic mass is 32.2. The summed E-state index contributed by atoms with van der Waals surface area (Å²) in [6, 6.07) is 8.91. The van der Waals surface area contributed by atoms with Gasteiger partial charge in [0, 0.05) is 0 Å². The van der Waals surface area contributed by atoms with Crippen molar-refractivity contribution in [2.45, 2.75) is 11.1 Å². The quantitative estimate of drug-likeness (QED) is 0.693. The molecule has 0 saturated carbocycles. The van der Waals surface area contributed by atoms with Crippen molar-refractivity contribution in [3.8, 4) is 5.75 Å². The summed E-state index contributed by atoms with van der Waals surface area (Å²) in [5.74, 6) is -0.531. The van der Waals surface area contributed by atoms with Crippen molar-refractivity contribution in [1.29, 1.82) is 0 Å². The van der Waals surface area contributed by atoms with E-state index in [0.717, 1.165) is 19.2 Å². The Morgan fingerprint density at radius 3 is 2.22 bits per heavy atom.